The van der Waals surface area contributed by atoms with E-state index in [9.17, 15) is 28.9 Å². The van der Waals surface area contributed by atoms with Gasteiger partial charge < -0.3 is 24.2 Å². The van der Waals surface area contributed by atoms with Crippen LogP contribution in [-0.2, 0) is 42.2 Å². The lowest BCUT2D eigenvalue weighted by Gasteiger charge is -2.21. The summed E-state index contributed by atoms with van der Waals surface area (Å²) in [5.41, 5.74) is 0. The lowest BCUT2D eigenvalue weighted by atomic mass is 10.0. The molecule has 2 N–H and O–H groups in total. The smallest absolute Gasteiger partial charge is 0.462 e. The zero-order valence-electron chi connectivity index (χ0n) is 55.4. The summed E-state index contributed by atoms with van der Waals surface area (Å²) in [6, 6.07) is 0. The van der Waals surface area contributed by atoms with E-state index in [1.54, 1.807) is 0 Å². The van der Waals surface area contributed by atoms with E-state index in [0.29, 0.717) is 19.3 Å². The van der Waals surface area contributed by atoms with Gasteiger partial charge in [0, 0.05) is 19.3 Å². The van der Waals surface area contributed by atoms with Gasteiger partial charge in [0.2, 0.25) is 0 Å². The topological polar surface area (TPSA) is 155 Å². The highest BCUT2D eigenvalue weighted by atomic mass is 31.2. The van der Waals surface area contributed by atoms with Crippen LogP contribution in [0, 0.1) is 0 Å². The molecule has 0 radical (unpaired) electrons. The van der Waals surface area contributed by atoms with E-state index in [-0.39, 0.29) is 25.9 Å². The van der Waals surface area contributed by atoms with Crippen LogP contribution in [0.4, 0.5) is 0 Å². The highest BCUT2D eigenvalue weighted by Gasteiger charge is 2.28. The fourth-order valence-electron chi connectivity index (χ4n) is 10.8. The van der Waals surface area contributed by atoms with Crippen LogP contribution in [0.25, 0.3) is 0 Å². The van der Waals surface area contributed by atoms with Crippen LogP contribution < -0.4 is 0 Å². The molecule has 0 heterocycles. The molecule has 0 aromatic carbocycles. The van der Waals surface area contributed by atoms with Crippen molar-refractivity contribution in [2.75, 3.05) is 26.4 Å². The van der Waals surface area contributed by atoms with Crippen LogP contribution in [0.2, 0.25) is 0 Å². The summed E-state index contributed by atoms with van der Waals surface area (Å²) in [5.74, 6) is -1.43. The van der Waals surface area contributed by atoms with Crippen molar-refractivity contribution < 1.29 is 52.2 Å². The molecule has 11 nitrogen and oxygen atoms in total. The van der Waals surface area contributed by atoms with Gasteiger partial charge in [0.15, 0.2) is 6.10 Å². The van der Waals surface area contributed by atoms with Crippen molar-refractivity contribution in [3.63, 3.8) is 0 Å². The first-order chi connectivity index (χ1) is 41.2. The third kappa shape index (κ3) is 64.4. The van der Waals surface area contributed by atoms with Gasteiger partial charge in [-0.25, -0.2) is 4.57 Å². The number of ether oxygens (including phenoxy) is 3. The number of unbranched alkanes of at least 4 members (excludes halogenated alkanes) is 48. The van der Waals surface area contributed by atoms with E-state index in [1.807, 2.05) is 0 Å². The first-order valence-corrected chi connectivity index (χ1v) is 37.7. The highest BCUT2D eigenvalue weighted by molar-refractivity contribution is 7.47. The fourth-order valence-corrected chi connectivity index (χ4v) is 11.6. The molecule has 0 saturated carbocycles. The van der Waals surface area contributed by atoms with Gasteiger partial charge in [-0.3, -0.25) is 23.4 Å². The van der Waals surface area contributed by atoms with Crippen molar-refractivity contribution >= 4 is 25.7 Å². The molecule has 0 fully saturated rings. The third-order valence-corrected chi connectivity index (χ3v) is 17.3. The molecule has 0 aliphatic rings. The Morgan fingerprint density at radius 1 is 0.321 bits per heavy atom. The summed E-state index contributed by atoms with van der Waals surface area (Å²) in [6.07, 6.45) is 72.7. The van der Waals surface area contributed by atoms with Crippen LogP contribution in [0.1, 0.15) is 380 Å². The average molecular weight is 1210 g/mol. The third-order valence-electron chi connectivity index (χ3n) is 16.3. The number of phosphoric ester groups is 1. The maximum Gasteiger partial charge on any atom is 0.472 e. The number of esters is 3. The monoisotopic (exact) mass is 1210 g/mol. The molecule has 0 spiro atoms. The van der Waals surface area contributed by atoms with E-state index in [1.165, 1.54) is 263 Å². The number of hydrogen-bond donors (Lipinski definition) is 2. The maximum absolute atomic E-state index is 13.0. The van der Waals surface area contributed by atoms with Crippen molar-refractivity contribution in [1.29, 1.82) is 0 Å². The summed E-state index contributed by atoms with van der Waals surface area (Å²) < 4.78 is 39.9. The molecule has 0 aliphatic carbocycles. The second kappa shape index (κ2) is 66.9. The van der Waals surface area contributed by atoms with E-state index in [2.05, 4.69) is 45.1 Å². The van der Waals surface area contributed by atoms with Crippen molar-refractivity contribution in [2.24, 2.45) is 0 Å². The molecule has 3 unspecified atom stereocenters. The molecule has 0 saturated heterocycles. The number of allylic oxidation sites excluding steroid dienone is 4. The molecule has 0 rings (SSSR count). The van der Waals surface area contributed by atoms with Gasteiger partial charge in [-0.1, -0.05) is 315 Å². The molecule has 0 bridgehead atoms. The lowest BCUT2D eigenvalue weighted by molar-refractivity contribution is -0.161. The molecule has 0 aliphatic heterocycles. The van der Waals surface area contributed by atoms with Gasteiger partial charge in [0.1, 0.15) is 12.7 Å². The Hall–Kier alpha value is -2.04. The Kier molecular flexibility index (Phi) is 65.3. The van der Waals surface area contributed by atoms with Gasteiger partial charge in [-0.05, 0) is 70.6 Å². The number of aliphatic hydroxyl groups is 1. The standard InChI is InChI=1S/C72H137O11P/c1-4-7-10-13-16-19-22-25-28-31-34-37-40-43-46-49-52-55-58-61-70(74)79-65-69(83-72(76)63-60-57-54-51-48-45-42-39-36-33-30-27-24-21-18-15-12-9-6-3)67-81-84(77,78)80-66-68(64-73)82-71(75)62-59-56-53-50-47-44-41-38-35-32-29-26-23-20-17-14-11-8-5-2/h25,27-28,30,68-69,73H,4-24,26,29,31-67H2,1-3H3,(H,77,78)/b28-25-,30-27-. The van der Waals surface area contributed by atoms with Gasteiger partial charge >= 0.3 is 25.7 Å². The van der Waals surface area contributed by atoms with E-state index >= 15 is 0 Å². The number of carbonyl (C=O) groups excluding carboxylic acids is 3. The number of carbonyl (C=O) groups is 3. The maximum atomic E-state index is 13.0. The van der Waals surface area contributed by atoms with Crippen LogP contribution >= 0.6 is 7.82 Å². The summed E-state index contributed by atoms with van der Waals surface area (Å²) in [6.45, 7) is 4.75. The zero-order valence-corrected chi connectivity index (χ0v) is 56.3. The van der Waals surface area contributed by atoms with Gasteiger partial charge in [0.25, 0.3) is 0 Å². The minimum Gasteiger partial charge on any atom is -0.462 e. The first kappa shape index (κ1) is 82.0. The molecule has 0 amide bonds. The second-order valence-electron chi connectivity index (χ2n) is 24.8. The Morgan fingerprint density at radius 2 is 0.548 bits per heavy atom. The summed E-state index contributed by atoms with van der Waals surface area (Å²) in [5, 5.41) is 9.89. The largest absolute Gasteiger partial charge is 0.472 e. The van der Waals surface area contributed by atoms with Crippen molar-refractivity contribution in [3.05, 3.63) is 24.3 Å². The predicted molar refractivity (Wildman–Crippen MR) is 353 cm³/mol. The second-order valence-corrected chi connectivity index (χ2v) is 26.2. The lowest BCUT2D eigenvalue weighted by Crippen LogP contribution is -2.30. The zero-order chi connectivity index (χ0) is 61.2. The molecule has 0 aromatic rings. The van der Waals surface area contributed by atoms with Crippen molar-refractivity contribution in [1.82, 2.24) is 0 Å². The molecular formula is C72H137O11P. The van der Waals surface area contributed by atoms with Crippen LogP contribution in [0.3, 0.4) is 0 Å². The number of hydrogen-bond acceptors (Lipinski definition) is 10. The SMILES string of the molecule is CCCCCCCC/C=C\CCCCCCCCCCCC(=O)OCC(COP(=O)(O)OCC(CO)OC(=O)CCCCCCCCCCCCCCCCCCCCC)OC(=O)CCCCCCCCCCC/C=C\CCCCCCCC. The molecule has 0 aromatic heterocycles. The molecule has 12 heteroatoms. The minimum atomic E-state index is -4.75. The summed E-state index contributed by atoms with van der Waals surface area (Å²) >= 11 is 0. The van der Waals surface area contributed by atoms with Gasteiger partial charge in [-0.15, -0.1) is 0 Å². The van der Waals surface area contributed by atoms with Gasteiger partial charge in [0.05, 0.1) is 19.8 Å². The Morgan fingerprint density at radius 3 is 0.821 bits per heavy atom. The number of phosphoric acid groups is 1. The molecule has 496 valence electrons. The molecule has 3 atom stereocenters. The minimum absolute atomic E-state index is 0.171. The number of rotatable bonds is 69. The van der Waals surface area contributed by atoms with Crippen LogP contribution in [0.5, 0.6) is 0 Å². The highest BCUT2D eigenvalue weighted by Crippen LogP contribution is 2.43. The van der Waals surface area contributed by atoms with E-state index in [0.717, 1.165) is 57.8 Å². The average Bonchev–Trinajstić information content (AvgIpc) is 3.55. The predicted octanol–water partition coefficient (Wildman–Crippen LogP) is 22.5. The first-order valence-electron chi connectivity index (χ1n) is 36.2. The van der Waals surface area contributed by atoms with Gasteiger partial charge in [-0.2, -0.15) is 0 Å². The normalized spacial score (nSPS) is 13.2. The van der Waals surface area contributed by atoms with Crippen LogP contribution in [0.15, 0.2) is 24.3 Å². The van der Waals surface area contributed by atoms with E-state index in [4.69, 9.17) is 23.3 Å². The van der Waals surface area contributed by atoms with Crippen molar-refractivity contribution in [3.8, 4) is 0 Å². The summed E-state index contributed by atoms with van der Waals surface area (Å²) in [7, 11) is -4.75. The molecular weight excluding hydrogens is 1070 g/mol. The van der Waals surface area contributed by atoms with Crippen molar-refractivity contribution in [2.45, 2.75) is 393 Å². The van der Waals surface area contributed by atoms with Crippen LogP contribution in [-0.4, -0.2) is 66.5 Å². The fraction of sp³-hybridized carbons (Fsp3) is 0.903. The van der Waals surface area contributed by atoms with E-state index < -0.39 is 57.8 Å². The Balaban J connectivity index is 4.61. The Bertz CT molecular complexity index is 1500. The number of aliphatic hydroxyl groups excluding tert-OH is 1. The Labute approximate surface area is 518 Å². The summed E-state index contributed by atoms with van der Waals surface area (Å²) in [4.78, 5) is 49.0. The quantitative estimate of drug-likeness (QED) is 0.0197. The molecule has 84 heavy (non-hydrogen) atoms.